The number of hydrogen-bond donors (Lipinski definition) is 2. The number of rotatable bonds is 6. The molecule has 6 aliphatic rings. The Bertz CT molecular complexity index is 1350. The lowest BCUT2D eigenvalue weighted by Gasteiger charge is -2.68. The van der Waals surface area contributed by atoms with Crippen LogP contribution in [0.1, 0.15) is 129 Å². The van der Waals surface area contributed by atoms with E-state index in [9.17, 15) is 5.26 Å². The van der Waals surface area contributed by atoms with Crippen LogP contribution in [0.2, 0.25) is 0 Å². The monoisotopic (exact) mass is 594 g/mol. The minimum Gasteiger partial charge on any atom is -0.321 e. The van der Waals surface area contributed by atoms with Crippen LogP contribution in [0.25, 0.3) is 0 Å². The zero-order valence-corrected chi connectivity index (χ0v) is 28.1. The van der Waals surface area contributed by atoms with Crippen molar-refractivity contribution in [3.05, 3.63) is 52.9 Å². The average molecular weight is 595 g/mol. The molecule has 0 radical (unpaired) electrons. The molecule has 0 amide bonds. The van der Waals surface area contributed by atoms with Crippen molar-refractivity contribution < 1.29 is 0 Å². The Kier molecular flexibility index (Phi) is 7.93. The van der Waals surface area contributed by atoms with E-state index in [0.717, 1.165) is 67.2 Å². The topological polar surface area (TPSA) is 74.7 Å². The van der Waals surface area contributed by atoms with Crippen molar-refractivity contribution in [1.82, 2.24) is 10.3 Å². The van der Waals surface area contributed by atoms with Crippen LogP contribution in [0, 0.1) is 57.7 Å². The minimum atomic E-state index is -0.252. The lowest BCUT2D eigenvalue weighted by Crippen LogP contribution is -2.66. The van der Waals surface area contributed by atoms with Crippen LogP contribution < -0.4 is 11.1 Å². The van der Waals surface area contributed by atoms with Crippen LogP contribution in [0.3, 0.4) is 0 Å². The second kappa shape index (κ2) is 11.4. The van der Waals surface area contributed by atoms with Gasteiger partial charge in [0.2, 0.25) is 0 Å². The van der Waals surface area contributed by atoms with Crippen molar-refractivity contribution in [2.75, 3.05) is 6.54 Å². The minimum absolute atomic E-state index is 0.252. The summed E-state index contributed by atoms with van der Waals surface area (Å²) in [6, 6.07) is 6.08. The van der Waals surface area contributed by atoms with Crippen LogP contribution in [-0.2, 0) is 6.42 Å². The molecule has 4 nitrogen and oxygen atoms in total. The van der Waals surface area contributed by atoms with Crippen LogP contribution in [-0.4, -0.2) is 22.6 Å². The molecule has 1 aromatic rings. The molecule has 1 heterocycles. The van der Waals surface area contributed by atoms with E-state index in [4.69, 9.17) is 5.73 Å². The molecule has 0 saturated heterocycles. The number of hydrogen-bond acceptors (Lipinski definition) is 4. The second-order valence-electron chi connectivity index (χ2n) is 16.8. The van der Waals surface area contributed by atoms with Crippen LogP contribution >= 0.6 is 0 Å². The van der Waals surface area contributed by atoms with Crippen molar-refractivity contribution >= 4 is 0 Å². The maximum Gasteiger partial charge on any atom is 0.101 e. The highest BCUT2D eigenvalue weighted by Gasteiger charge is 2.65. The standard InChI is InChI=1S/C40H58N4/c1-5-44-40-21-6-9-33(40)30-15-17-35-37(2,32(30)19-24-40)23-20-36-38(35,3)22-18-31(39(36,4)42)28-13-10-27(11-14-28)12-16-34-29(26-41)8-7-25-43-34/h7-8,13,18,25,27,30,32-33,35-36,44H,5-6,9-12,14-17,19-24,42H2,1-4H3. The fourth-order valence-corrected chi connectivity index (χ4v) is 13.2. The number of nitriles is 1. The van der Waals surface area contributed by atoms with Crippen molar-refractivity contribution in [3.8, 4) is 6.07 Å². The molecule has 6 aliphatic carbocycles. The third-order valence-corrected chi connectivity index (χ3v) is 15.0. The van der Waals surface area contributed by atoms with E-state index in [2.05, 4.69) is 56.2 Å². The summed E-state index contributed by atoms with van der Waals surface area (Å²) < 4.78 is 0. The third kappa shape index (κ3) is 4.69. The van der Waals surface area contributed by atoms with E-state index in [1.807, 2.05) is 18.3 Å². The van der Waals surface area contributed by atoms with Crippen molar-refractivity contribution in [2.24, 2.45) is 52.1 Å². The normalized spacial score (nSPS) is 44.7. The average Bonchev–Trinajstić information content (AvgIpc) is 3.44. The Hall–Kier alpha value is -1.96. The van der Waals surface area contributed by atoms with Gasteiger partial charge in [-0.1, -0.05) is 39.3 Å². The quantitative estimate of drug-likeness (QED) is 0.346. The largest absolute Gasteiger partial charge is 0.321 e. The number of aromatic nitrogens is 1. The Labute approximate surface area is 267 Å². The molecule has 44 heavy (non-hydrogen) atoms. The summed E-state index contributed by atoms with van der Waals surface area (Å²) in [5.41, 5.74) is 13.2. The molecule has 4 saturated carbocycles. The van der Waals surface area contributed by atoms with Crippen LogP contribution in [0.4, 0.5) is 0 Å². The summed E-state index contributed by atoms with van der Waals surface area (Å²) in [6.07, 6.45) is 26.4. The summed E-state index contributed by atoms with van der Waals surface area (Å²) in [7, 11) is 0. The van der Waals surface area contributed by atoms with Gasteiger partial charge in [0.25, 0.3) is 0 Å². The number of pyridine rings is 1. The van der Waals surface area contributed by atoms with Gasteiger partial charge in [0.1, 0.15) is 6.07 Å². The Morgan fingerprint density at radius 2 is 1.84 bits per heavy atom. The SMILES string of the molecule is CCNC12CCCC1C1CCC3C(C)(CCC4C(C)(N)C(C5=CCC(CCc6ncccc6C#N)CC5)=CCC43C)C1CC2. The Balaban J connectivity index is 1.07. The van der Waals surface area contributed by atoms with Gasteiger partial charge in [-0.15, -0.1) is 0 Å². The van der Waals surface area contributed by atoms with Gasteiger partial charge in [0.15, 0.2) is 0 Å². The smallest absolute Gasteiger partial charge is 0.101 e. The molecule has 238 valence electrons. The third-order valence-electron chi connectivity index (χ3n) is 15.0. The highest BCUT2D eigenvalue weighted by molar-refractivity contribution is 5.44. The molecular weight excluding hydrogens is 536 g/mol. The van der Waals surface area contributed by atoms with Gasteiger partial charge < -0.3 is 11.1 Å². The highest BCUT2D eigenvalue weighted by atomic mass is 15.0. The Morgan fingerprint density at radius 1 is 0.977 bits per heavy atom. The molecule has 7 rings (SSSR count). The van der Waals surface area contributed by atoms with Crippen LogP contribution in [0.5, 0.6) is 0 Å². The van der Waals surface area contributed by atoms with Gasteiger partial charge in [0, 0.05) is 17.3 Å². The zero-order chi connectivity index (χ0) is 30.7. The summed E-state index contributed by atoms with van der Waals surface area (Å²) >= 11 is 0. The fourth-order valence-electron chi connectivity index (χ4n) is 13.2. The number of allylic oxidation sites excluding steroid dienone is 2. The van der Waals surface area contributed by atoms with Crippen LogP contribution in [0.15, 0.2) is 41.6 Å². The molecular formula is C40H58N4. The first-order chi connectivity index (χ1) is 21.2. The van der Waals surface area contributed by atoms with Gasteiger partial charge in [-0.05, 0) is 173 Å². The van der Waals surface area contributed by atoms with E-state index >= 15 is 0 Å². The summed E-state index contributed by atoms with van der Waals surface area (Å²) in [4.78, 5) is 4.50. The van der Waals surface area contributed by atoms with Crippen molar-refractivity contribution in [1.29, 1.82) is 5.26 Å². The molecule has 0 aliphatic heterocycles. The Morgan fingerprint density at radius 3 is 2.61 bits per heavy atom. The van der Waals surface area contributed by atoms with E-state index in [1.165, 1.54) is 81.8 Å². The lowest BCUT2D eigenvalue weighted by molar-refractivity contribution is -0.168. The van der Waals surface area contributed by atoms with Gasteiger partial charge in [-0.25, -0.2) is 0 Å². The highest BCUT2D eigenvalue weighted by Crippen LogP contribution is 2.71. The molecule has 3 N–H and O–H groups in total. The van der Waals surface area contributed by atoms with Gasteiger partial charge in [-0.3, -0.25) is 4.98 Å². The van der Waals surface area contributed by atoms with E-state index in [0.29, 0.717) is 28.2 Å². The number of fused-ring (bicyclic) bond motifs is 7. The number of nitrogens with two attached hydrogens (primary N) is 1. The molecule has 4 heteroatoms. The van der Waals surface area contributed by atoms with Crippen molar-refractivity contribution in [2.45, 2.75) is 135 Å². The molecule has 10 unspecified atom stereocenters. The van der Waals surface area contributed by atoms with Crippen molar-refractivity contribution in [3.63, 3.8) is 0 Å². The first-order valence-electron chi connectivity index (χ1n) is 18.4. The molecule has 10 atom stereocenters. The number of nitrogens with zero attached hydrogens (tertiary/aromatic N) is 2. The second-order valence-corrected chi connectivity index (χ2v) is 16.8. The molecule has 0 aromatic carbocycles. The fraction of sp³-hybridized carbons (Fsp3) is 0.750. The lowest BCUT2D eigenvalue weighted by atomic mass is 9.37. The predicted octanol–water partition coefficient (Wildman–Crippen LogP) is 8.67. The van der Waals surface area contributed by atoms with Gasteiger partial charge >= 0.3 is 0 Å². The predicted molar refractivity (Wildman–Crippen MR) is 180 cm³/mol. The maximum absolute atomic E-state index is 9.45. The number of aryl methyl sites for hydroxylation is 1. The van der Waals surface area contributed by atoms with Gasteiger partial charge in [0.05, 0.1) is 11.3 Å². The van der Waals surface area contributed by atoms with E-state index < -0.39 is 0 Å². The van der Waals surface area contributed by atoms with Gasteiger partial charge in [-0.2, -0.15) is 5.26 Å². The molecule has 0 spiro atoms. The zero-order valence-electron chi connectivity index (χ0n) is 28.1. The van der Waals surface area contributed by atoms with E-state index in [-0.39, 0.29) is 5.54 Å². The molecule has 1 aromatic heterocycles. The number of nitrogens with one attached hydrogen (secondary N) is 1. The summed E-state index contributed by atoms with van der Waals surface area (Å²) in [5, 5.41) is 13.5. The molecule has 0 bridgehead atoms. The summed E-state index contributed by atoms with van der Waals surface area (Å²) in [6.45, 7) is 11.3. The first kappa shape index (κ1) is 30.7. The molecule has 4 fully saturated rings. The van der Waals surface area contributed by atoms with E-state index in [1.54, 1.807) is 0 Å². The summed E-state index contributed by atoms with van der Waals surface area (Å²) in [5.74, 6) is 4.75. The maximum atomic E-state index is 9.45. The first-order valence-corrected chi connectivity index (χ1v) is 18.4.